The summed E-state index contributed by atoms with van der Waals surface area (Å²) in [7, 11) is 0. The molecule has 0 aliphatic rings. The average Bonchev–Trinajstić information content (AvgIpc) is 2.71. The van der Waals surface area contributed by atoms with Gasteiger partial charge in [0.05, 0.1) is 4.90 Å². The summed E-state index contributed by atoms with van der Waals surface area (Å²) in [5, 5.41) is 0. The van der Waals surface area contributed by atoms with Crippen LogP contribution in [0.4, 0.5) is 17.6 Å². The SMILES string of the molecule is C=C(N)c1ccc(CN(Cc2ccncc2)Sc2cc(F)c(F)c(F)c2F)cc1. The van der Waals surface area contributed by atoms with Crippen LogP contribution in [-0.2, 0) is 13.1 Å². The zero-order chi connectivity index (χ0) is 21.0. The maximum atomic E-state index is 14.2. The molecule has 8 heteroatoms. The fourth-order valence-corrected chi connectivity index (χ4v) is 3.63. The second kappa shape index (κ2) is 9.11. The molecule has 3 nitrogen and oxygen atoms in total. The predicted octanol–water partition coefficient (Wildman–Crippen LogP) is 5.28. The first-order chi connectivity index (χ1) is 13.8. The number of pyridine rings is 1. The highest BCUT2D eigenvalue weighted by Crippen LogP contribution is 2.32. The Morgan fingerprint density at radius 3 is 2.07 bits per heavy atom. The van der Waals surface area contributed by atoms with Crippen molar-refractivity contribution in [2.75, 3.05) is 0 Å². The first kappa shape index (κ1) is 20.9. The summed E-state index contributed by atoms with van der Waals surface area (Å²) < 4.78 is 56.4. The van der Waals surface area contributed by atoms with E-state index in [1.165, 1.54) is 0 Å². The lowest BCUT2D eigenvalue weighted by Gasteiger charge is -2.22. The van der Waals surface area contributed by atoms with Gasteiger partial charge in [0.25, 0.3) is 0 Å². The van der Waals surface area contributed by atoms with Gasteiger partial charge in [-0.25, -0.2) is 21.9 Å². The van der Waals surface area contributed by atoms with Gasteiger partial charge in [-0.1, -0.05) is 30.8 Å². The van der Waals surface area contributed by atoms with Crippen LogP contribution in [0.1, 0.15) is 16.7 Å². The number of hydrogen-bond acceptors (Lipinski definition) is 4. The first-order valence-electron chi connectivity index (χ1n) is 8.53. The van der Waals surface area contributed by atoms with Crippen LogP contribution in [-0.4, -0.2) is 9.29 Å². The van der Waals surface area contributed by atoms with Gasteiger partial charge in [-0.3, -0.25) is 4.98 Å². The van der Waals surface area contributed by atoms with Crippen molar-refractivity contribution in [1.29, 1.82) is 0 Å². The molecule has 1 heterocycles. The van der Waals surface area contributed by atoms with E-state index in [4.69, 9.17) is 5.73 Å². The molecule has 2 N–H and O–H groups in total. The number of hydrogen-bond donors (Lipinski definition) is 1. The highest BCUT2D eigenvalue weighted by atomic mass is 32.2. The monoisotopic (exact) mass is 419 g/mol. The Kier molecular flexibility index (Phi) is 6.56. The lowest BCUT2D eigenvalue weighted by atomic mass is 10.1. The maximum absolute atomic E-state index is 14.2. The maximum Gasteiger partial charge on any atom is 0.198 e. The Morgan fingerprint density at radius 1 is 0.897 bits per heavy atom. The normalized spacial score (nSPS) is 11.1. The Hall–Kier alpha value is -2.84. The lowest BCUT2D eigenvalue weighted by Crippen LogP contribution is -2.16. The highest BCUT2D eigenvalue weighted by Gasteiger charge is 2.21. The molecule has 150 valence electrons. The van der Waals surface area contributed by atoms with E-state index in [9.17, 15) is 17.6 Å². The third-order valence-electron chi connectivity index (χ3n) is 4.09. The molecule has 1 aromatic heterocycles. The molecule has 3 aromatic rings. The third kappa shape index (κ3) is 5.16. The zero-order valence-electron chi connectivity index (χ0n) is 15.2. The van der Waals surface area contributed by atoms with Crippen LogP contribution in [0.3, 0.4) is 0 Å². The minimum atomic E-state index is -1.83. The Morgan fingerprint density at radius 2 is 1.48 bits per heavy atom. The second-order valence-electron chi connectivity index (χ2n) is 6.27. The molecule has 3 rings (SSSR count). The molecule has 0 amide bonds. The van der Waals surface area contributed by atoms with E-state index < -0.39 is 23.3 Å². The van der Waals surface area contributed by atoms with Gasteiger partial charge < -0.3 is 5.73 Å². The van der Waals surface area contributed by atoms with Crippen molar-refractivity contribution in [3.05, 3.63) is 101 Å². The van der Waals surface area contributed by atoms with Crippen LogP contribution in [0.5, 0.6) is 0 Å². The van der Waals surface area contributed by atoms with Crippen LogP contribution in [0.15, 0.2) is 66.3 Å². The number of nitrogens with two attached hydrogens (primary N) is 1. The van der Waals surface area contributed by atoms with E-state index in [-0.39, 0.29) is 4.90 Å². The summed E-state index contributed by atoms with van der Waals surface area (Å²) in [6.07, 6.45) is 3.22. The van der Waals surface area contributed by atoms with Gasteiger partial charge in [0, 0.05) is 31.2 Å². The molecule has 0 bridgehead atoms. The Balaban J connectivity index is 1.88. The molecule has 0 fully saturated rings. The second-order valence-corrected chi connectivity index (χ2v) is 7.40. The molecular weight excluding hydrogens is 402 g/mol. The van der Waals surface area contributed by atoms with Gasteiger partial charge in [0.15, 0.2) is 23.3 Å². The zero-order valence-corrected chi connectivity index (χ0v) is 16.0. The van der Waals surface area contributed by atoms with Crippen molar-refractivity contribution < 1.29 is 17.6 Å². The fourth-order valence-electron chi connectivity index (χ4n) is 2.60. The van der Waals surface area contributed by atoms with Crippen LogP contribution < -0.4 is 5.73 Å². The van der Waals surface area contributed by atoms with Gasteiger partial charge >= 0.3 is 0 Å². The van der Waals surface area contributed by atoms with Crippen LogP contribution in [0.25, 0.3) is 5.70 Å². The summed E-state index contributed by atoms with van der Waals surface area (Å²) in [6.45, 7) is 4.33. The first-order valence-corrected chi connectivity index (χ1v) is 9.31. The van der Waals surface area contributed by atoms with E-state index >= 15 is 0 Å². The molecule has 29 heavy (non-hydrogen) atoms. The Bertz CT molecular complexity index is 1010. The predicted molar refractivity (Wildman–Crippen MR) is 105 cm³/mol. The van der Waals surface area contributed by atoms with Crippen LogP contribution in [0, 0.1) is 23.3 Å². The van der Waals surface area contributed by atoms with E-state index in [0.29, 0.717) is 24.9 Å². The third-order valence-corrected chi connectivity index (χ3v) is 5.10. The summed E-state index contributed by atoms with van der Waals surface area (Å²) in [5.41, 5.74) is 8.60. The molecular formula is C21H17F4N3S. The molecule has 0 saturated carbocycles. The van der Waals surface area contributed by atoms with Gasteiger partial charge in [-0.15, -0.1) is 0 Å². The topological polar surface area (TPSA) is 42.1 Å². The summed E-state index contributed by atoms with van der Waals surface area (Å²) in [5.74, 6) is -6.53. The van der Waals surface area contributed by atoms with Crippen molar-refractivity contribution in [3.63, 3.8) is 0 Å². The molecule has 0 atom stereocenters. The van der Waals surface area contributed by atoms with E-state index in [2.05, 4.69) is 11.6 Å². The van der Waals surface area contributed by atoms with Gasteiger partial charge in [-0.05, 0) is 46.8 Å². The number of rotatable bonds is 7. The van der Waals surface area contributed by atoms with Crippen molar-refractivity contribution >= 4 is 17.6 Å². The number of benzene rings is 2. The molecule has 0 saturated heterocycles. The van der Waals surface area contributed by atoms with Crippen LogP contribution >= 0.6 is 11.9 Å². The molecule has 0 aliphatic carbocycles. The van der Waals surface area contributed by atoms with Crippen molar-refractivity contribution in [2.24, 2.45) is 5.73 Å². The minimum absolute atomic E-state index is 0.324. The van der Waals surface area contributed by atoms with Gasteiger partial charge in [0.1, 0.15) is 0 Å². The van der Waals surface area contributed by atoms with Gasteiger partial charge in [-0.2, -0.15) is 0 Å². The Labute approximate surface area is 170 Å². The van der Waals surface area contributed by atoms with E-state index in [1.54, 1.807) is 41.0 Å². The van der Waals surface area contributed by atoms with Crippen LogP contribution in [0.2, 0.25) is 0 Å². The number of aromatic nitrogens is 1. The summed E-state index contributed by atoms with van der Waals surface area (Å²) in [4.78, 5) is 3.60. The highest BCUT2D eigenvalue weighted by molar-refractivity contribution is 7.97. The average molecular weight is 419 g/mol. The minimum Gasteiger partial charge on any atom is -0.399 e. The quantitative estimate of drug-likeness (QED) is 0.245. The van der Waals surface area contributed by atoms with E-state index in [1.807, 2.05) is 12.1 Å². The summed E-state index contributed by atoms with van der Waals surface area (Å²) >= 11 is 0.802. The number of nitrogens with zero attached hydrogens (tertiary/aromatic N) is 2. The van der Waals surface area contributed by atoms with Crippen molar-refractivity contribution in [3.8, 4) is 0 Å². The number of halogens is 4. The molecule has 0 spiro atoms. The standard InChI is InChI=1S/C21H17F4N3S/c1-13(26)16-4-2-14(3-5-16)11-28(12-15-6-8-27-9-7-15)29-18-10-17(22)19(23)21(25)20(18)24/h2-10H,1,11-12,26H2. The fraction of sp³-hybridized carbons (Fsp3) is 0.0952. The molecule has 0 aliphatic heterocycles. The molecule has 0 unspecified atom stereocenters. The smallest absolute Gasteiger partial charge is 0.198 e. The largest absolute Gasteiger partial charge is 0.399 e. The molecule has 2 aromatic carbocycles. The van der Waals surface area contributed by atoms with Crippen molar-refractivity contribution in [1.82, 2.24) is 9.29 Å². The lowest BCUT2D eigenvalue weighted by molar-refractivity contribution is 0.396. The van der Waals surface area contributed by atoms with Crippen molar-refractivity contribution in [2.45, 2.75) is 18.0 Å². The summed E-state index contributed by atoms with van der Waals surface area (Å²) in [6, 6.07) is 11.5. The molecule has 0 radical (unpaired) electrons. The van der Waals surface area contributed by atoms with Gasteiger partial charge in [0.2, 0.25) is 0 Å². The van der Waals surface area contributed by atoms with E-state index in [0.717, 1.165) is 28.6 Å².